The minimum absolute atomic E-state index is 0.187. The first-order valence-electron chi connectivity index (χ1n) is 7.75. The van der Waals surface area contributed by atoms with Gasteiger partial charge in [0, 0.05) is 17.1 Å². The number of amides is 2. The van der Waals surface area contributed by atoms with Crippen molar-refractivity contribution >= 4 is 40.0 Å². The lowest BCUT2D eigenvalue weighted by Gasteiger charge is -2.02. The number of rotatable bonds is 7. The molecule has 0 bridgehead atoms. The smallest absolute Gasteiger partial charge is 0.265 e. The lowest BCUT2D eigenvalue weighted by molar-refractivity contribution is -0.113. The maximum absolute atomic E-state index is 12.1. The number of H-pyrrole nitrogens is 1. The number of thiazole rings is 1. The number of hydrogen-bond donors (Lipinski definition) is 3. The van der Waals surface area contributed by atoms with Crippen molar-refractivity contribution in [3.63, 3.8) is 0 Å². The van der Waals surface area contributed by atoms with Crippen molar-refractivity contribution in [2.24, 2.45) is 5.73 Å². The maximum Gasteiger partial charge on any atom is 0.265 e. The Bertz CT molecular complexity index is 958. The number of aromatic nitrogens is 6. The van der Waals surface area contributed by atoms with Crippen LogP contribution in [-0.2, 0) is 4.79 Å². The largest absolute Gasteiger partial charge is 0.364 e. The predicted molar refractivity (Wildman–Crippen MR) is 95.9 cm³/mol. The highest BCUT2D eigenvalue weighted by molar-refractivity contribution is 7.99. The van der Waals surface area contributed by atoms with E-state index in [4.69, 9.17) is 5.73 Å². The van der Waals surface area contributed by atoms with Crippen LogP contribution in [0.1, 0.15) is 29.4 Å². The zero-order valence-corrected chi connectivity index (χ0v) is 15.0. The van der Waals surface area contributed by atoms with Crippen molar-refractivity contribution in [1.29, 1.82) is 0 Å². The van der Waals surface area contributed by atoms with Gasteiger partial charge in [-0.1, -0.05) is 11.8 Å². The Morgan fingerprint density at radius 3 is 3.04 bits per heavy atom. The van der Waals surface area contributed by atoms with Gasteiger partial charge in [-0.25, -0.2) is 9.67 Å². The van der Waals surface area contributed by atoms with Crippen LogP contribution in [0.5, 0.6) is 0 Å². The number of tetrazole rings is 1. The molecule has 0 aliphatic heterocycles. The van der Waals surface area contributed by atoms with Gasteiger partial charge in [0.1, 0.15) is 5.69 Å². The van der Waals surface area contributed by atoms with E-state index in [-0.39, 0.29) is 11.7 Å². The van der Waals surface area contributed by atoms with E-state index >= 15 is 0 Å². The van der Waals surface area contributed by atoms with Crippen molar-refractivity contribution in [2.75, 3.05) is 11.1 Å². The summed E-state index contributed by atoms with van der Waals surface area (Å²) in [7, 11) is 0. The second kappa shape index (κ2) is 6.88. The van der Waals surface area contributed by atoms with Crippen LogP contribution in [-0.4, -0.2) is 47.7 Å². The zero-order chi connectivity index (χ0) is 18.1. The Kier molecular flexibility index (Phi) is 4.42. The molecule has 0 atom stereocenters. The molecule has 0 saturated heterocycles. The van der Waals surface area contributed by atoms with Gasteiger partial charge in [-0.2, -0.15) is 0 Å². The summed E-state index contributed by atoms with van der Waals surface area (Å²) in [6.45, 7) is 0. The van der Waals surface area contributed by atoms with Crippen molar-refractivity contribution in [3.8, 4) is 11.3 Å². The molecular weight excluding hydrogens is 376 g/mol. The number of thioether (sulfide) groups is 1. The molecule has 1 saturated carbocycles. The van der Waals surface area contributed by atoms with E-state index in [2.05, 4.69) is 30.8 Å². The molecule has 1 aliphatic carbocycles. The van der Waals surface area contributed by atoms with Crippen LogP contribution < -0.4 is 11.1 Å². The summed E-state index contributed by atoms with van der Waals surface area (Å²) in [5.41, 5.74) is 6.91. The van der Waals surface area contributed by atoms with E-state index < -0.39 is 5.91 Å². The lowest BCUT2D eigenvalue weighted by Crippen LogP contribution is -2.14. The summed E-state index contributed by atoms with van der Waals surface area (Å²) < 4.78 is 1.77. The van der Waals surface area contributed by atoms with Gasteiger partial charge in [-0.15, -0.1) is 16.4 Å². The van der Waals surface area contributed by atoms with Gasteiger partial charge in [0.15, 0.2) is 5.13 Å². The van der Waals surface area contributed by atoms with Crippen LogP contribution in [0.2, 0.25) is 0 Å². The molecule has 3 aromatic heterocycles. The van der Waals surface area contributed by atoms with E-state index in [9.17, 15) is 9.59 Å². The van der Waals surface area contributed by atoms with Crippen LogP contribution in [0.4, 0.5) is 5.13 Å². The number of carbonyl (C=O) groups is 2. The molecule has 0 spiro atoms. The first kappa shape index (κ1) is 16.7. The summed E-state index contributed by atoms with van der Waals surface area (Å²) in [5.74, 6) is -0.531. The van der Waals surface area contributed by atoms with Crippen LogP contribution in [0.25, 0.3) is 11.3 Å². The van der Waals surface area contributed by atoms with Gasteiger partial charge in [0.25, 0.3) is 5.91 Å². The molecule has 3 heterocycles. The number of primary amides is 1. The number of anilines is 1. The molecule has 10 nitrogen and oxygen atoms in total. The monoisotopic (exact) mass is 390 g/mol. The van der Waals surface area contributed by atoms with E-state index in [1.54, 1.807) is 22.3 Å². The Morgan fingerprint density at radius 2 is 2.31 bits per heavy atom. The highest BCUT2D eigenvalue weighted by atomic mass is 32.2. The number of nitrogens with one attached hydrogen (secondary N) is 2. The SMILES string of the molecule is NC(=O)c1cc(-c2csc(NC(=O)CSc3nnnn3C3CC3)n2)c[nH]1. The number of nitrogens with two attached hydrogens (primary N) is 1. The Hall–Kier alpha value is -2.73. The molecule has 1 aliphatic rings. The van der Waals surface area contributed by atoms with Gasteiger partial charge in [-0.3, -0.25) is 9.59 Å². The standard InChI is InChI=1S/C14H14N8O2S2/c15-12(24)9-3-7(4-16-9)10-5-25-13(17-10)18-11(23)6-26-14-19-20-21-22(14)8-1-2-8/h3-5,8,16H,1-2,6H2,(H2,15,24)(H,17,18,23). The van der Waals surface area contributed by atoms with Crippen molar-refractivity contribution < 1.29 is 9.59 Å². The third-order valence-corrected chi connectivity index (χ3v) is 5.37. The molecule has 4 rings (SSSR count). The van der Waals surface area contributed by atoms with E-state index in [1.165, 1.54) is 23.1 Å². The van der Waals surface area contributed by atoms with Crippen molar-refractivity contribution in [1.82, 2.24) is 30.2 Å². The second-order valence-electron chi connectivity index (χ2n) is 5.68. The molecule has 4 N–H and O–H groups in total. The molecule has 0 radical (unpaired) electrons. The molecular formula is C14H14N8O2S2. The van der Waals surface area contributed by atoms with Crippen LogP contribution in [0, 0.1) is 0 Å². The van der Waals surface area contributed by atoms with Crippen LogP contribution in [0.3, 0.4) is 0 Å². The first-order chi connectivity index (χ1) is 12.6. The Morgan fingerprint density at radius 1 is 1.46 bits per heavy atom. The molecule has 2 amide bonds. The fourth-order valence-electron chi connectivity index (χ4n) is 2.26. The molecule has 26 heavy (non-hydrogen) atoms. The van der Waals surface area contributed by atoms with Gasteiger partial charge >= 0.3 is 0 Å². The molecule has 3 aromatic rings. The summed E-state index contributed by atoms with van der Waals surface area (Å²) in [6, 6.07) is 1.99. The molecule has 0 unspecified atom stereocenters. The van der Waals surface area contributed by atoms with Crippen LogP contribution in [0.15, 0.2) is 22.8 Å². The van der Waals surface area contributed by atoms with Crippen LogP contribution >= 0.6 is 23.1 Å². The predicted octanol–water partition coefficient (Wildman–Crippen LogP) is 1.29. The third kappa shape index (κ3) is 3.60. The topological polar surface area (TPSA) is 144 Å². The Labute approximate surface area is 155 Å². The summed E-state index contributed by atoms with van der Waals surface area (Å²) in [5, 5.41) is 17.2. The average Bonchev–Trinajstić information content (AvgIpc) is 3.06. The van der Waals surface area contributed by atoms with Gasteiger partial charge in [0.2, 0.25) is 11.1 Å². The van der Waals surface area contributed by atoms with Crippen molar-refractivity contribution in [3.05, 3.63) is 23.3 Å². The highest BCUT2D eigenvalue weighted by Crippen LogP contribution is 2.36. The zero-order valence-electron chi connectivity index (χ0n) is 13.4. The van der Waals surface area contributed by atoms with E-state index in [1.807, 2.05) is 0 Å². The first-order valence-corrected chi connectivity index (χ1v) is 9.61. The average molecular weight is 390 g/mol. The van der Waals surface area contributed by atoms with Crippen molar-refractivity contribution in [2.45, 2.75) is 24.0 Å². The number of nitrogens with zero attached hydrogens (tertiary/aromatic N) is 5. The lowest BCUT2D eigenvalue weighted by atomic mass is 10.2. The fourth-order valence-corrected chi connectivity index (χ4v) is 3.74. The molecule has 134 valence electrons. The quantitative estimate of drug-likeness (QED) is 0.515. The number of hydrogen-bond acceptors (Lipinski definition) is 8. The maximum atomic E-state index is 12.1. The van der Waals surface area contributed by atoms with E-state index in [0.29, 0.717) is 27.7 Å². The highest BCUT2D eigenvalue weighted by Gasteiger charge is 2.28. The minimum atomic E-state index is -0.537. The van der Waals surface area contributed by atoms with E-state index in [0.717, 1.165) is 18.4 Å². The third-order valence-electron chi connectivity index (χ3n) is 3.68. The number of carbonyl (C=O) groups excluding carboxylic acids is 2. The normalized spacial score (nSPS) is 13.7. The Balaban J connectivity index is 1.35. The second-order valence-corrected chi connectivity index (χ2v) is 7.48. The van der Waals surface area contributed by atoms with Gasteiger partial charge in [-0.05, 0) is 29.3 Å². The molecule has 12 heteroatoms. The van der Waals surface area contributed by atoms with Gasteiger partial charge in [0.05, 0.1) is 17.5 Å². The fraction of sp³-hybridized carbons (Fsp3) is 0.286. The minimum Gasteiger partial charge on any atom is -0.364 e. The summed E-state index contributed by atoms with van der Waals surface area (Å²) in [4.78, 5) is 30.4. The summed E-state index contributed by atoms with van der Waals surface area (Å²) >= 11 is 2.60. The molecule has 0 aromatic carbocycles. The summed E-state index contributed by atoms with van der Waals surface area (Å²) in [6.07, 6.45) is 3.79. The number of aromatic amines is 1. The van der Waals surface area contributed by atoms with Gasteiger partial charge < -0.3 is 16.0 Å². The molecule has 1 fully saturated rings.